The molecule has 3 aromatic rings. The fraction of sp³-hybridized carbons (Fsp3) is 0.308. The number of piperidine rings is 1. The minimum Gasteiger partial charge on any atom is -0.313 e. The van der Waals surface area contributed by atoms with E-state index in [1.807, 2.05) is 40.8 Å². The molecule has 9 nitrogen and oxygen atoms in total. The highest BCUT2D eigenvalue weighted by atomic mass is 35.5. The molecule has 0 bridgehead atoms. The number of rotatable bonds is 7. The highest BCUT2D eigenvalue weighted by Crippen LogP contribution is 2.33. The molecule has 1 aliphatic rings. The van der Waals surface area contributed by atoms with E-state index in [1.54, 1.807) is 18.2 Å². The van der Waals surface area contributed by atoms with Crippen molar-refractivity contribution in [1.82, 2.24) is 20.0 Å². The van der Waals surface area contributed by atoms with Gasteiger partial charge in [-0.2, -0.15) is 0 Å². The van der Waals surface area contributed by atoms with Crippen molar-refractivity contribution in [2.24, 2.45) is 0 Å². The second-order valence-corrected chi connectivity index (χ2v) is 9.32. The van der Waals surface area contributed by atoms with Crippen molar-refractivity contribution < 1.29 is 14.7 Å². The Kier molecular flexibility index (Phi) is 8.66. The number of hydrazine groups is 1. The molecular formula is C26H25Cl2N5O4. The van der Waals surface area contributed by atoms with Gasteiger partial charge in [-0.15, -0.1) is 10.1 Å². The average molecular weight is 542 g/mol. The van der Waals surface area contributed by atoms with E-state index in [9.17, 15) is 14.9 Å². The van der Waals surface area contributed by atoms with E-state index in [-0.39, 0.29) is 18.9 Å². The monoisotopic (exact) mass is 541 g/mol. The summed E-state index contributed by atoms with van der Waals surface area (Å²) in [5, 5.41) is 12.2. The Bertz CT molecular complexity index is 1360. The number of nitrogens with zero attached hydrogens (tertiary/aromatic N) is 4. The van der Waals surface area contributed by atoms with Crippen LogP contribution in [-0.2, 0) is 4.84 Å². The fourth-order valence-electron chi connectivity index (χ4n) is 4.12. The molecule has 4 rings (SSSR count). The number of benzene rings is 2. The molecular weight excluding hydrogens is 517 g/mol. The molecule has 0 spiro atoms. The molecule has 1 aliphatic heterocycles. The predicted molar refractivity (Wildman–Crippen MR) is 141 cm³/mol. The van der Waals surface area contributed by atoms with Gasteiger partial charge < -0.3 is 4.84 Å². The van der Waals surface area contributed by atoms with Gasteiger partial charge in [-0.25, -0.2) is 9.99 Å². The largest absolute Gasteiger partial charge is 0.313 e. The van der Waals surface area contributed by atoms with Crippen LogP contribution in [0.2, 0.25) is 10.0 Å². The lowest BCUT2D eigenvalue weighted by atomic mass is 10.1. The summed E-state index contributed by atoms with van der Waals surface area (Å²) in [6.07, 6.45) is 3.47. The van der Waals surface area contributed by atoms with Gasteiger partial charge in [0, 0.05) is 41.3 Å². The first-order valence-electron chi connectivity index (χ1n) is 11.8. The highest BCUT2D eigenvalue weighted by Gasteiger charge is 2.24. The molecule has 2 heterocycles. The SMILES string of the molecule is Cc1c(C(=O)NN2CCCCC2)nc(-c2ccc(Cl)cc2Cl)n1-c1ccc(C#CCCO[N+](=O)[O-])cc1. The zero-order valence-corrected chi connectivity index (χ0v) is 21.7. The first-order valence-corrected chi connectivity index (χ1v) is 12.6. The van der Waals surface area contributed by atoms with Crippen LogP contribution in [0.3, 0.4) is 0 Å². The summed E-state index contributed by atoms with van der Waals surface area (Å²) in [5.74, 6) is 6.05. The molecule has 1 amide bonds. The van der Waals surface area contributed by atoms with Crippen LogP contribution in [-0.4, -0.2) is 45.3 Å². The first-order chi connectivity index (χ1) is 17.8. The Hall–Kier alpha value is -3.58. The number of imidazole rings is 1. The predicted octanol–water partition coefficient (Wildman–Crippen LogP) is 5.24. The summed E-state index contributed by atoms with van der Waals surface area (Å²) in [5.41, 5.74) is 6.09. The summed E-state index contributed by atoms with van der Waals surface area (Å²) in [7, 11) is 0. The maximum atomic E-state index is 13.2. The molecule has 0 unspecified atom stereocenters. The molecule has 1 N–H and O–H groups in total. The molecule has 37 heavy (non-hydrogen) atoms. The minimum absolute atomic E-state index is 0.0835. The van der Waals surface area contributed by atoms with Crippen molar-refractivity contribution in [1.29, 1.82) is 0 Å². The number of hydrogen-bond donors (Lipinski definition) is 1. The van der Waals surface area contributed by atoms with Gasteiger partial charge >= 0.3 is 0 Å². The summed E-state index contributed by atoms with van der Waals surface area (Å²) in [4.78, 5) is 32.4. The summed E-state index contributed by atoms with van der Waals surface area (Å²) < 4.78 is 1.88. The molecule has 2 aromatic carbocycles. The average Bonchev–Trinajstić information content (AvgIpc) is 3.21. The Morgan fingerprint density at radius 3 is 2.57 bits per heavy atom. The second-order valence-electron chi connectivity index (χ2n) is 8.47. The minimum atomic E-state index is -0.838. The topological polar surface area (TPSA) is 103 Å². The fourth-order valence-corrected chi connectivity index (χ4v) is 4.61. The molecule has 0 radical (unpaired) electrons. The lowest BCUT2D eigenvalue weighted by molar-refractivity contribution is -0.757. The van der Waals surface area contributed by atoms with E-state index in [2.05, 4.69) is 22.1 Å². The van der Waals surface area contributed by atoms with E-state index in [1.165, 1.54) is 0 Å². The van der Waals surface area contributed by atoms with Gasteiger partial charge in [0.25, 0.3) is 11.0 Å². The first kappa shape index (κ1) is 26.5. The molecule has 1 saturated heterocycles. The third kappa shape index (κ3) is 6.60. The van der Waals surface area contributed by atoms with E-state index >= 15 is 0 Å². The lowest BCUT2D eigenvalue weighted by Crippen LogP contribution is -2.45. The van der Waals surface area contributed by atoms with E-state index < -0.39 is 5.09 Å². The van der Waals surface area contributed by atoms with E-state index in [4.69, 9.17) is 28.2 Å². The van der Waals surface area contributed by atoms with E-state index in [0.29, 0.717) is 32.8 Å². The molecule has 1 aromatic heterocycles. The van der Waals surface area contributed by atoms with Gasteiger partial charge in [-0.05, 0) is 62.2 Å². The molecule has 0 atom stereocenters. The normalized spacial score (nSPS) is 13.5. The Labute approximate surface area is 224 Å². The molecule has 1 fully saturated rings. The zero-order valence-electron chi connectivity index (χ0n) is 20.2. The van der Waals surface area contributed by atoms with Crippen molar-refractivity contribution >= 4 is 29.1 Å². The quantitative estimate of drug-likeness (QED) is 0.190. The van der Waals surface area contributed by atoms with E-state index in [0.717, 1.165) is 43.6 Å². The van der Waals surface area contributed by atoms with Gasteiger partial charge in [0.1, 0.15) is 12.4 Å². The third-order valence-corrected chi connectivity index (χ3v) is 6.44. The van der Waals surface area contributed by atoms with Gasteiger partial charge in [0.15, 0.2) is 5.69 Å². The number of carbonyl (C=O) groups excluding carboxylic acids is 1. The standard InChI is InChI=1S/C26H25Cl2N5O4/c1-18-24(26(34)30-31-14-4-2-5-15-31)29-25(22-13-10-20(27)17-23(22)28)32(18)21-11-8-19(9-12-21)7-3-6-16-37-33(35)36/h8-13,17H,2,4-6,14-16H2,1H3,(H,30,34). The van der Waals surface area contributed by atoms with Crippen molar-refractivity contribution in [3.05, 3.63) is 79.6 Å². The number of amides is 1. The number of aromatic nitrogens is 2. The number of nitrogens with one attached hydrogen (secondary N) is 1. The summed E-state index contributed by atoms with van der Waals surface area (Å²) in [6, 6.07) is 12.5. The van der Waals surface area contributed by atoms with Gasteiger partial charge in [0.2, 0.25) is 0 Å². The van der Waals surface area contributed by atoms with Gasteiger partial charge in [-0.3, -0.25) is 14.8 Å². The summed E-state index contributed by atoms with van der Waals surface area (Å²) >= 11 is 12.6. The van der Waals surface area contributed by atoms with Crippen LogP contribution in [0.4, 0.5) is 0 Å². The van der Waals surface area contributed by atoms with Crippen molar-refractivity contribution in [3.63, 3.8) is 0 Å². The Balaban J connectivity index is 1.67. The van der Waals surface area contributed by atoms with Crippen LogP contribution in [0.15, 0.2) is 42.5 Å². The molecule has 0 saturated carbocycles. The highest BCUT2D eigenvalue weighted by molar-refractivity contribution is 6.36. The van der Waals surface area contributed by atoms with Crippen LogP contribution >= 0.6 is 23.2 Å². The zero-order chi connectivity index (χ0) is 26.4. The van der Waals surface area contributed by atoms with Gasteiger partial charge in [0.05, 0.1) is 10.7 Å². The van der Waals surface area contributed by atoms with Crippen LogP contribution in [0.1, 0.15) is 47.4 Å². The Morgan fingerprint density at radius 2 is 1.89 bits per heavy atom. The molecule has 0 aliphatic carbocycles. The van der Waals surface area contributed by atoms with Crippen LogP contribution < -0.4 is 5.43 Å². The third-order valence-electron chi connectivity index (χ3n) is 5.89. The molecule has 192 valence electrons. The van der Waals surface area contributed by atoms with Crippen molar-refractivity contribution in [2.45, 2.75) is 32.6 Å². The lowest BCUT2D eigenvalue weighted by Gasteiger charge is -2.26. The van der Waals surface area contributed by atoms with Crippen LogP contribution in [0.25, 0.3) is 17.1 Å². The maximum Gasteiger partial charge on any atom is 0.294 e. The van der Waals surface area contributed by atoms with Crippen LogP contribution in [0.5, 0.6) is 0 Å². The second kappa shape index (κ2) is 12.1. The molecule has 11 heteroatoms. The van der Waals surface area contributed by atoms with Crippen molar-refractivity contribution in [3.8, 4) is 28.9 Å². The van der Waals surface area contributed by atoms with Gasteiger partial charge in [-0.1, -0.05) is 41.5 Å². The smallest absolute Gasteiger partial charge is 0.294 e. The number of hydrogen-bond acceptors (Lipinski definition) is 6. The van der Waals surface area contributed by atoms with Crippen LogP contribution in [0, 0.1) is 28.9 Å². The summed E-state index contributed by atoms with van der Waals surface area (Å²) in [6.45, 7) is 3.37. The Morgan fingerprint density at radius 1 is 1.16 bits per heavy atom. The number of halogens is 2. The van der Waals surface area contributed by atoms with Crippen molar-refractivity contribution in [2.75, 3.05) is 19.7 Å². The maximum absolute atomic E-state index is 13.2. The number of carbonyl (C=O) groups is 1.